The average molecular weight is 461 g/mol. The SMILES string of the molecule is CC1(C)C(c2cc3c(Nc4c(F)cc5scnc5c4F)ccnc3s2)CCN1CCO. The molecule has 4 aromatic rings. The minimum Gasteiger partial charge on any atom is -0.395 e. The Hall–Kier alpha value is -2.20. The third-order valence-corrected chi connectivity index (χ3v) is 8.23. The number of hydrogen-bond donors (Lipinski definition) is 2. The van der Waals surface area contributed by atoms with Gasteiger partial charge < -0.3 is 10.4 Å². The quantitative estimate of drug-likeness (QED) is 0.413. The number of anilines is 2. The highest BCUT2D eigenvalue weighted by Crippen LogP contribution is 2.46. The number of likely N-dealkylation sites (tertiary alicyclic amines) is 1. The van der Waals surface area contributed by atoms with Gasteiger partial charge in [-0.25, -0.2) is 18.7 Å². The number of thiophene rings is 1. The summed E-state index contributed by atoms with van der Waals surface area (Å²) in [4.78, 5) is 12.8. The molecule has 0 amide bonds. The van der Waals surface area contributed by atoms with Gasteiger partial charge in [-0.3, -0.25) is 4.90 Å². The molecule has 9 heteroatoms. The van der Waals surface area contributed by atoms with Crippen molar-refractivity contribution in [2.75, 3.05) is 25.0 Å². The lowest BCUT2D eigenvalue weighted by molar-refractivity contribution is 0.127. The maximum atomic E-state index is 14.9. The highest BCUT2D eigenvalue weighted by molar-refractivity contribution is 7.18. The Morgan fingerprint density at radius 2 is 2.13 bits per heavy atom. The van der Waals surface area contributed by atoms with E-state index in [9.17, 15) is 13.9 Å². The van der Waals surface area contributed by atoms with Crippen LogP contribution in [0.5, 0.6) is 0 Å². The second-order valence-corrected chi connectivity index (χ2v) is 10.3. The molecule has 162 valence electrons. The number of aliphatic hydroxyl groups excluding tert-OH is 1. The van der Waals surface area contributed by atoms with Crippen LogP contribution in [0.3, 0.4) is 0 Å². The summed E-state index contributed by atoms with van der Waals surface area (Å²) >= 11 is 2.82. The summed E-state index contributed by atoms with van der Waals surface area (Å²) in [6, 6.07) is 5.13. The maximum Gasteiger partial charge on any atom is 0.176 e. The Balaban J connectivity index is 1.53. The van der Waals surface area contributed by atoms with Gasteiger partial charge in [0.1, 0.15) is 16.0 Å². The van der Waals surface area contributed by atoms with Crippen LogP contribution in [0.25, 0.3) is 20.4 Å². The van der Waals surface area contributed by atoms with Crippen LogP contribution in [0, 0.1) is 11.6 Å². The van der Waals surface area contributed by atoms with Gasteiger partial charge in [-0.15, -0.1) is 22.7 Å². The molecule has 31 heavy (non-hydrogen) atoms. The van der Waals surface area contributed by atoms with Gasteiger partial charge in [-0.05, 0) is 45.0 Å². The fourth-order valence-corrected chi connectivity index (χ4v) is 6.62. The smallest absolute Gasteiger partial charge is 0.176 e. The summed E-state index contributed by atoms with van der Waals surface area (Å²) in [6.45, 7) is 6.11. The topological polar surface area (TPSA) is 61.3 Å². The minimum absolute atomic E-state index is 0.0922. The molecule has 1 fully saturated rings. The molecule has 0 saturated carbocycles. The molecule has 5 rings (SSSR count). The molecule has 1 atom stereocenters. The van der Waals surface area contributed by atoms with Crippen LogP contribution in [0.1, 0.15) is 31.1 Å². The molecule has 0 aliphatic carbocycles. The number of halogens is 2. The zero-order chi connectivity index (χ0) is 21.8. The predicted molar refractivity (Wildman–Crippen MR) is 123 cm³/mol. The van der Waals surface area contributed by atoms with E-state index in [0.717, 1.165) is 23.2 Å². The Kier molecular flexibility index (Phi) is 5.16. The predicted octanol–water partition coefficient (Wildman–Crippen LogP) is 5.49. The molecule has 5 nitrogen and oxygen atoms in total. The molecule has 0 bridgehead atoms. The molecule has 3 aromatic heterocycles. The lowest BCUT2D eigenvalue weighted by Gasteiger charge is -2.35. The molecule has 1 aliphatic rings. The third kappa shape index (κ3) is 3.40. The van der Waals surface area contributed by atoms with Crippen molar-refractivity contribution in [1.29, 1.82) is 0 Å². The number of rotatable bonds is 5. The summed E-state index contributed by atoms with van der Waals surface area (Å²) in [5.74, 6) is -1.04. The molecule has 0 spiro atoms. The number of pyridine rings is 1. The van der Waals surface area contributed by atoms with E-state index in [2.05, 4.69) is 40.1 Å². The Labute approximate surface area is 186 Å². The number of hydrogen-bond acceptors (Lipinski definition) is 7. The van der Waals surface area contributed by atoms with Gasteiger partial charge in [0.25, 0.3) is 0 Å². The van der Waals surface area contributed by atoms with Crippen molar-refractivity contribution in [2.24, 2.45) is 0 Å². The number of nitrogens with one attached hydrogen (secondary N) is 1. The second kappa shape index (κ2) is 7.74. The van der Waals surface area contributed by atoms with E-state index in [1.165, 1.54) is 27.8 Å². The fourth-order valence-electron chi connectivity index (χ4n) is 4.58. The molecular formula is C22H22F2N4OS2. The van der Waals surface area contributed by atoms with E-state index < -0.39 is 11.6 Å². The largest absolute Gasteiger partial charge is 0.395 e. The summed E-state index contributed by atoms with van der Waals surface area (Å²) in [6.07, 6.45) is 2.65. The molecule has 4 heterocycles. The van der Waals surface area contributed by atoms with Gasteiger partial charge in [0.2, 0.25) is 0 Å². The molecule has 1 saturated heterocycles. The first-order chi connectivity index (χ1) is 14.9. The van der Waals surface area contributed by atoms with Gasteiger partial charge in [-0.2, -0.15) is 0 Å². The summed E-state index contributed by atoms with van der Waals surface area (Å²) < 4.78 is 30.0. The van der Waals surface area contributed by atoms with Crippen molar-refractivity contribution >= 4 is 54.5 Å². The Morgan fingerprint density at radius 3 is 2.94 bits per heavy atom. The standard InChI is InChI=1S/C22H22F2N4OS2/c1-22(2)13(4-6-28(22)7-8-29)16-9-12-15(3-5-25-21(12)31-16)27-19-14(23)10-17-20(18(19)24)26-11-30-17/h3,5,9-11,13,29H,4,6-8H2,1-2H3,(H,25,27). The van der Waals surface area contributed by atoms with Crippen LogP contribution in [-0.2, 0) is 0 Å². The Bertz CT molecular complexity index is 1270. The number of β-amino-alcohol motifs (C(OH)–C–C–N with tert-alkyl or cyclic N) is 1. The van der Waals surface area contributed by atoms with E-state index in [1.807, 2.05) is 0 Å². The first kappa shape index (κ1) is 20.7. The molecule has 2 N–H and O–H groups in total. The monoisotopic (exact) mass is 460 g/mol. The van der Waals surface area contributed by atoms with Crippen molar-refractivity contribution in [1.82, 2.24) is 14.9 Å². The van der Waals surface area contributed by atoms with E-state index in [4.69, 9.17) is 0 Å². The molecular weight excluding hydrogens is 438 g/mol. The number of nitrogens with zero attached hydrogens (tertiary/aromatic N) is 3. The van der Waals surface area contributed by atoms with Crippen LogP contribution in [0.15, 0.2) is 29.9 Å². The normalized spacial score (nSPS) is 18.9. The number of aromatic nitrogens is 2. The van der Waals surface area contributed by atoms with Crippen molar-refractivity contribution < 1.29 is 13.9 Å². The van der Waals surface area contributed by atoms with Gasteiger partial charge in [0, 0.05) is 34.5 Å². The van der Waals surface area contributed by atoms with E-state index >= 15 is 0 Å². The van der Waals surface area contributed by atoms with Gasteiger partial charge in [0.15, 0.2) is 11.6 Å². The van der Waals surface area contributed by atoms with Crippen LogP contribution in [0.2, 0.25) is 0 Å². The van der Waals surface area contributed by atoms with Gasteiger partial charge >= 0.3 is 0 Å². The van der Waals surface area contributed by atoms with Crippen molar-refractivity contribution in [2.45, 2.75) is 31.7 Å². The lowest BCUT2D eigenvalue weighted by Crippen LogP contribution is -2.42. The summed E-state index contributed by atoms with van der Waals surface area (Å²) in [5.41, 5.74) is 2.00. The first-order valence-electron chi connectivity index (χ1n) is 10.1. The number of fused-ring (bicyclic) bond motifs is 2. The molecule has 0 radical (unpaired) electrons. The van der Waals surface area contributed by atoms with Crippen LogP contribution in [-0.4, -0.2) is 45.2 Å². The van der Waals surface area contributed by atoms with Crippen molar-refractivity contribution in [3.63, 3.8) is 0 Å². The Morgan fingerprint density at radius 1 is 1.29 bits per heavy atom. The first-order valence-corrected chi connectivity index (χ1v) is 11.8. The number of benzene rings is 1. The maximum absolute atomic E-state index is 14.9. The summed E-state index contributed by atoms with van der Waals surface area (Å²) in [7, 11) is 0. The van der Waals surface area contributed by atoms with Crippen LogP contribution < -0.4 is 5.32 Å². The van der Waals surface area contributed by atoms with Crippen molar-refractivity contribution in [3.05, 3.63) is 46.4 Å². The van der Waals surface area contributed by atoms with E-state index in [1.54, 1.807) is 23.6 Å². The molecule has 1 unspecified atom stereocenters. The van der Waals surface area contributed by atoms with Gasteiger partial charge in [0.05, 0.1) is 22.5 Å². The number of aliphatic hydroxyl groups is 1. The van der Waals surface area contributed by atoms with E-state index in [0.29, 0.717) is 22.8 Å². The fraction of sp³-hybridized carbons (Fsp3) is 0.364. The van der Waals surface area contributed by atoms with Crippen LogP contribution in [0.4, 0.5) is 20.2 Å². The minimum atomic E-state index is -0.687. The van der Waals surface area contributed by atoms with Crippen molar-refractivity contribution in [3.8, 4) is 0 Å². The third-order valence-electron chi connectivity index (χ3n) is 6.30. The second-order valence-electron chi connectivity index (χ2n) is 8.30. The van der Waals surface area contributed by atoms with Gasteiger partial charge in [-0.1, -0.05) is 0 Å². The van der Waals surface area contributed by atoms with E-state index in [-0.39, 0.29) is 23.3 Å². The zero-order valence-electron chi connectivity index (χ0n) is 17.2. The van der Waals surface area contributed by atoms with Crippen LogP contribution >= 0.6 is 22.7 Å². The zero-order valence-corrected chi connectivity index (χ0v) is 18.8. The molecule has 1 aromatic carbocycles. The average Bonchev–Trinajstić information content (AvgIpc) is 3.43. The highest BCUT2D eigenvalue weighted by atomic mass is 32.1. The summed E-state index contributed by atoms with van der Waals surface area (Å²) in [5, 5.41) is 13.2. The number of thiazole rings is 1. The highest BCUT2D eigenvalue weighted by Gasteiger charge is 2.42. The molecule has 1 aliphatic heterocycles. The lowest BCUT2D eigenvalue weighted by atomic mass is 9.87.